The molecule has 0 aliphatic carbocycles. The molecule has 1 aromatic heterocycles. The van der Waals surface area contributed by atoms with Crippen LogP contribution >= 0.6 is 0 Å². The summed E-state index contributed by atoms with van der Waals surface area (Å²) in [7, 11) is 0. The average molecular weight is 216 g/mol. The highest BCUT2D eigenvalue weighted by Crippen LogP contribution is 2.21. The molecule has 2 aromatic rings. The number of nitrogens with two attached hydrogens (primary N) is 1. The molecule has 1 aromatic carbocycles. The lowest BCUT2D eigenvalue weighted by atomic mass is 10.0. The zero-order chi connectivity index (χ0) is 11.5. The summed E-state index contributed by atoms with van der Waals surface area (Å²) in [5.41, 5.74) is 8.63. The number of hydrogen-bond acceptors (Lipinski definition) is 1. The first-order valence-electron chi connectivity index (χ1n) is 6.04. The van der Waals surface area contributed by atoms with Gasteiger partial charge in [0.1, 0.15) is 0 Å². The van der Waals surface area contributed by atoms with Gasteiger partial charge in [0, 0.05) is 18.8 Å². The van der Waals surface area contributed by atoms with Gasteiger partial charge in [-0.2, -0.15) is 0 Å². The molecule has 2 rings (SSSR count). The van der Waals surface area contributed by atoms with Crippen LogP contribution in [0.15, 0.2) is 30.5 Å². The van der Waals surface area contributed by atoms with Crippen LogP contribution in [0.5, 0.6) is 0 Å². The van der Waals surface area contributed by atoms with E-state index in [1.54, 1.807) is 0 Å². The Labute approximate surface area is 97.1 Å². The number of nitrogens with zero attached hydrogens (tertiary/aromatic N) is 1. The summed E-state index contributed by atoms with van der Waals surface area (Å²) in [6.07, 6.45) is 4.29. The predicted molar refractivity (Wildman–Crippen MR) is 69.6 cm³/mol. The van der Waals surface area contributed by atoms with Crippen molar-refractivity contribution in [3.63, 3.8) is 0 Å². The first-order valence-corrected chi connectivity index (χ1v) is 6.04. The molecular formula is C14H20N2. The molecule has 0 saturated heterocycles. The molecule has 0 bridgehead atoms. The van der Waals surface area contributed by atoms with Gasteiger partial charge in [-0.15, -0.1) is 0 Å². The lowest BCUT2D eigenvalue weighted by molar-refractivity contribution is 0.693. The molecule has 2 nitrogen and oxygen atoms in total. The second kappa shape index (κ2) is 4.71. The molecule has 0 fully saturated rings. The predicted octanol–water partition coefficient (Wildman–Crippen LogP) is 2.94. The van der Waals surface area contributed by atoms with Crippen molar-refractivity contribution in [2.75, 3.05) is 0 Å². The third-order valence-electron chi connectivity index (χ3n) is 2.88. The fourth-order valence-electron chi connectivity index (χ4n) is 2.28. The fourth-order valence-corrected chi connectivity index (χ4v) is 2.28. The van der Waals surface area contributed by atoms with E-state index in [0.717, 1.165) is 19.4 Å². The first kappa shape index (κ1) is 11.2. The zero-order valence-electron chi connectivity index (χ0n) is 10.1. The van der Waals surface area contributed by atoms with E-state index in [0.29, 0.717) is 0 Å². The smallest absolute Gasteiger partial charge is 0.0513 e. The second-order valence-electron chi connectivity index (χ2n) is 4.55. The van der Waals surface area contributed by atoms with Gasteiger partial charge in [-0.1, -0.05) is 25.1 Å². The Morgan fingerprint density at radius 1 is 1.31 bits per heavy atom. The summed E-state index contributed by atoms with van der Waals surface area (Å²) in [4.78, 5) is 0. The Balaban J connectivity index is 2.50. The van der Waals surface area contributed by atoms with Crippen molar-refractivity contribution in [1.82, 2.24) is 4.57 Å². The maximum absolute atomic E-state index is 5.90. The number of aromatic nitrogens is 1. The number of rotatable bonds is 4. The maximum Gasteiger partial charge on any atom is 0.0513 e. The Bertz CT molecular complexity index is 469. The SMILES string of the molecule is CCCn1ccc2cccc(CC(C)N)c21. The zero-order valence-corrected chi connectivity index (χ0v) is 10.1. The van der Waals surface area contributed by atoms with Crippen LogP contribution in [-0.2, 0) is 13.0 Å². The Morgan fingerprint density at radius 2 is 2.12 bits per heavy atom. The van der Waals surface area contributed by atoms with Crippen LogP contribution in [0.3, 0.4) is 0 Å². The number of aryl methyl sites for hydroxylation is 1. The van der Waals surface area contributed by atoms with Crippen molar-refractivity contribution in [2.24, 2.45) is 5.73 Å². The van der Waals surface area contributed by atoms with E-state index < -0.39 is 0 Å². The quantitative estimate of drug-likeness (QED) is 0.837. The van der Waals surface area contributed by atoms with Crippen molar-refractivity contribution >= 4 is 10.9 Å². The average Bonchev–Trinajstić information content (AvgIpc) is 2.62. The number of para-hydroxylation sites is 1. The summed E-state index contributed by atoms with van der Waals surface area (Å²) in [5, 5.41) is 1.33. The van der Waals surface area contributed by atoms with Crippen molar-refractivity contribution < 1.29 is 0 Å². The Hall–Kier alpha value is -1.28. The van der Waals surface area contributed by atoms with Gasteiger partial charge in [-0.25, -0.2) is 0 Å². The molecule has 86 valence electrons. The van der Waals surface area contributed by atoms with E-state index in [-0.39, 0.29) is 6.04 Å². The van der Waals surface area contributed by atoms with Crippen molar-refractivity contribution in [2.45, 2.75) is 39.3 Å². The lowest BCUT2D eigenvalue weighted by Gasteiger charge is -2.10. The molecule has 1 unspecified atom stereocenters. The van der Waals surface area contributed by atoms with Crippen LogP contribution in [0, 0.1) is 0 Å². The van der Waals surface area contributed by atoms with Crippen LogP contribution in [-0.4, -0.2) is 10.6 Å². The summed E-state index contributed by atoms with van der Waals surface area (Å²) in [6.45, 7) is 5.35. The van der Waals surface area contributed by atoms with Crippen LogP contribution in [0.4, 0.5) is 0 Å². The molecule has 2 N–H and O–H groups in total. The number of hydrogen-bond donors (Lipinski definition) is 1. The van der Waals surface area contributed by atoms with E-state index >= 15 is 0 Å². The first-order chi connectivity index (χ1) is 7.72. The van der Waals surface area contributed by atoms with Gasteiger partial charge in [0.2, 0.25) is 0 Å². The van der Waals surface area contributed by atoms with Gasteiger partial charge >= 0.3 is 0 Å². The van der Waals surface area contributed by atoms with Gasteiger partial charge in [-0.3, -0.25) is 0 Å². The topological polar surface area (TPSA) is 30.9 Å². The highest BCUT2D eigenvalue weighted by molar-refractivity contribution is 5.83. The Kier molecular flexibility index (Phi) is 3.30. The molecule has 0 amide bonds. The fraction of sp³-hybridized carbons (Fsp3) is 0.429. The van der Waals surface area contributed by atoms with Gasteiger partial charge in [-0.05, 0) is 36.8 Å². The molecule has 0 aliphatic heterocycles. The molecule has 1 heterocycles. The van der Waals surface area contributed by atoms with Crippen LogP contribution < -0.4 is 5.73 Å². The Morgan fingerprint density at radius 3 is 2.81 bits per heavy atom. The number of fused-ring (bicyclic) bond motifs is 1. The molecule has 0 spiro atoms. The maximum atomic E-state index is 5.90. The van der Waals surface area contributed by atoms with Crippen molar-refractivity contribution in [1.29, 1.82) is 0 Å². The van der Waals surface area contributed by atoms with Gasteiger partial charge in [0.05, 0.1) is 5.52 Å². The second-order valence-corrected chi connectivity index (χ2v) is 4.55. The molecule has 0 saturated carbocycles. The standard InChI is InChI=1S/C14H20N2/c1-3-8-16-9-7-12-5-4-6-13(14(12)16)10-11(2)15/h4-7,9,11H,3,8,10,15H2,1-2H3. The van der Waals surface area contributed by atoms with Crippen LogP contribution in [0.2, 0.25) is 0 Å². The highest BCUT2D eigenvalue weighted by Gasteiger charge is 2.07. The minimum absolute atomic E-state index is 0.218. The third-order valence-corrected chi connectivity index (χ3v) is 2.88. The third kappa shape index (κ3) is 2.12. The normalized spacial score (nSPS) is 13.2. The number of benzene rings is 1. The molecule has 2 heteroatoms. The minimum atomic E-state index is 0.218. The van der Waals surface area contributed by atoms with E-state index in [9.17, 15) is 0 Å². The van der Waals surface area contributed by atoms with E-state index in [4.69, 9.17) is 5.73 Å². The minimum Gasteiger partial charge on any atom is -0.347 e. The molecule has 0 aliphatic rings. The van der Waals surface area contributed by atoms with E-state index in [2.05, 4.69) is 48.9 Å². The summed E-state index contributed by atoms with van der Waals surface area (Å²) >= 11 is 0. The van der Waals surface area contributed by atoms with E-state index in [1.165, 1.54) is 16.5 Å². The van der Waals surface area contributed by atoms with Gasteiger partial charge in [0.25, 0.3) is 0 Å². The van der Waals surface area contributed by atoms with Crippen LogP contribution in [0.25, 0.3) is 10.9 Å². The molecular weight excluding hydrogens is 196 g/mol. The summed E-state index contributed by atoms with van der Waals surface area (Å²) < 4.78 is 2.34. The van der Waals surface area contributed by atoms with Gasteiger partial charge in [0.15, 0.2) is 0 Å². The molecule has 16 heavy (non-hydrogen) atoms. The lowest BCUT2D eigenvalue weighted by Crippen LogP contribution is -2.18. The summed E-state index contributed by atoms with van der Waals surface area (Å²) in [5.74, 6) is 0. The van der Waals surface area contributed by atoms with Gasteiger partial charge < -0.3 is 10.3 Å². The van der Waals surface area contributed by atoms with E-state index in [1.807, 2.05) is 0 Å². The molecule has 1 atom stereocenters. The largest absolute Gasteiger partial charge is 0.347 e. The van der Waals surface area contributed by atoms with Crippen LogP contribution in [0.1, 0.15) is 25.8 Å². The monoisotopic (exact) mass is 216 g/mol. The highest BCUT2D eigenvalue weighted by atomic mass is 14.9. The summed E-state index contributed by atoms with van der Waals surface area (Å²) in [6, 6.07) is 8.89. The van der Waals surface area contributed by atoms with Crippen molar-refractivity contribution in [3.8, 4) is 0 Å². The molecule has 0 radical (unpaired) electrons. The van der Waals surface area contributed by atoms with Crippen molar-refractivity contribution in [3.05, 3.63) is 36.0 Å².